The van der Waals surface area contributed by atoms with Gasteiger partial charge >= 0.3 is 0 Å². The van der Waals surface area contributed by atoms with Crippen LogP contribution in [-0.2, 0) is 0 Å². The Hall–Kier alpha value is 0.310. The molecule has 0 aromatic carbocycles. The summed E-state index contributed by atoms with van der Waals surface area (Å²) in [7, 11) is 2.27. The summed E-state index contributed by atoms with van der Waals surface area (Å²) < 4.78 is 0. The van der Waals surface area contributed by atoms with Gasteiger partial charge in [-0.05, 0) is 50.3 Å². The maximum absolute atomic E-state index is 4.44. The van der Waals surface area contributed by atoms with E-state index in [9.17, 15) is 0 Å². The zero-order valence-electron chi connectivity index (χ0n) is 10.0. The van der Waals surface area contributed by atoms with Gasteiger partial charge in [0, 0.05) is 12.6 Å². The summed E-state index contributed by atoms with van der Waals surface area (Å²) in [5, 5.41) is 0. The molecule has 0 amide bonds. The molecule has 0 aromatic heterocycles. The molecule has 0 radical (unpaired) electrons. The van der Waals surface area contributed by atoms with Crippen molar-refractivity contribution in [1.29, 1.82) is 0 Å². The first-order chi connectivity index (χ1) is 6.56. The van der Waals surface area contributed by atoms with E-state index in [-0.39, 0.29) is 0 Å². The molecule has 0 heterocycles. The standard InChI is InChI=1S/C12H25NS/c1-9(2)12(8-14)7-13(4)10(3)11-5-6-11/h9-12,14H,5-8H2,1-4H3. The van der Waals surface area contributed by atoms with Crippen molar-refractivity contribution < 1.29 is 0 Å². The molecule has 0 N–H and O–H groups in total. The fourth-order valence-electron chi connectivity index (χ4n) is 1.95. The van der Waals surface area contributed by atoms with Gasteiger partial charge in [0.25, 0.3) is 0 Å². The molecule has 0 aliphatic heterocycles. The Morgan fingerprint density at radius 2 is 1.86 bits per heavy atom. The second-order valence-corrected chi connectivity index (χ2v) is 5.57. The van der Waals surface area contributed by atoms with E-state index in [4.69, 9.17) is 0 Å². The van der Waals surface area contributed by atoms with Crippen molar-refractivity contribution in [1.82, 2.24) is 4.90 Å². The van der Waals surface area contributed by atoms with Crippen LogP contribution in [0.5, 0.6) is 0 Å². The van der Waals surface area contributed by atoms with Crippen LogP contribution in [0.3, 0.4) is 0 Å². The Balaban J connectivity index is 2.32. The zero-order chi connectivity index (χ0) is 10.7. The average molecular weight is 215 g/mol. The van der Waals surface area contributed by atoms with Gasteiger partial charge in [-0.3, -0.25) is 0 Å². The van der Waals surface area contributed by atoms with Gasteiger partial charge in [0.1, 0.15) is 0 Å². The predicted octanol–water partition coefficient (Wildman–Crippen LogP) is 2.92. The second kappa shape index (κ2) is 5.41. The molecule has 14 heavy (non-hydrogen) atoms. The van der Waals surface area contributed by atoms with Gasteiger partial charge in [-0.2, -0.15) is 12.6 Å². The SMILES string of the molecule is CC(C)C(CS)CN(C)C(C)C1CC1. The Labute approximate surface area is 94.7 Å². The third-order valence-electron chi connectivity index (χ3n) is 3.70. The Kier molecular flexibility index (Phi) is 4.78. The van der Waals surface area contributed by atoms with Gasteiger partial charge in [0.15, 0.2) is 0 Å². The molecule has 1 nitrogen and oxygen atoms in total. The van der Waals surface area contributed by atoms with Crippen molar-refractivity contribution in [3.63, 3.8) is 0 Å². The van der Waals surface area contributed by atoms with Gasteiger partial charge < -0.3 is 4.90 Å². The lowest BCUT2D eigenvalue weighted by Gasteiger charge is -2.30. The van der Waals surface area contributed by atoms with Crippen molar-refractivity contribution >= 4 is 12.6 Å². The lowest BCUT2D eigenvalue weighted by atomic mass is 9.96. The van der Waals surface area contributed by atoms with E-state index in [1.54, 1.807) is 0 Å². The number of hydrogen-bond acceptors (Lipinski definition) is 2. The third kappa shape index (κ3) is 3.47. The van der Waals surface area contributed by atoms with Crippen molar-refractivity contribution in [3.05, 3.63) is 0 Å². The quantitative estimate of drug-likeness (QED) is 0.667. The fraction of sp³-hybridized carbons (Fsp3) is 1.00. The van der Waals surface area contributed by atoms with E-state index in [2.05, 4.69) is 45.3 Å². The summed E-state index contributed by atoms with van der Waals surface area (Å²) in [5.74, 6) is 3.48. The minimum absolute atomic E-state index is 0.740. The molecule has 0 bridgehead atoms. The molecule has 0 spiro atoms. The first-order valence-electron chi connectivity index (χ1n) is 5.87. The predicted molar refractivity (Wildman–Crippen MR) is 67.0 cm³/mol. The maximum Gasteiger partial charge on any atom is 0.00922 e. The van der Waals surface area contributed by atoms with Crippen molar-refractivity contribution in [2.45, 2.75) is 39.7 Å². The summed E-state index contributed by atoms with van der Waals surface area (Å²) in [6.07, 6.45) is 2.89. The molecule has 1 aliphatic carbocycles. The second-order valence-electron chi connectivity index (χ2n) is 5.20. The van der Waals surface area contributed by atoms with Crippen LogP contribution in [0.25, 0.3) is 0 Å². The van der Waals surface area contributed by atoms with E-state index >= 15 is 0 Å². The average Bonchev–Trinajstić information content (AvgIpc) is 2.95. The van der Waals surface area contributed by atoms with Crippen LogP contribution >= 0.6 is 12.6 Å². The summed E-state index contributed by atoms with van der Waals surface area (Å²) in [6, 6.07) is 0.774. The Morgan fingerprint density at radius 3 is 2.21 bits per heavy atom. The van der Waals surface area contributed by atoms with Crippen LogP contribution in [0.2, 0.25) is 0 Å². The summed E-state index contributed by atoms with van der Waals surface area (Å²) >= 11 is 4.44. The van der Waals surface area contributed by atoms with Gasteiger partial charge in [0.05, 0.1) is 0 Å². The highest BCUT2D eigenvalue weighted by Gasteiger charge is 2.31. The van der Waals surface area contributed by atoms with Gasteiger partial charge in [-0.1, -0.05) is 13.8 Å². The van der Waals surface area contributed by atoms with Crippen LogP contribution in [0, 0.1) is 17.8 Å². The molecule has 1 saturated carbocycles. The Morgan fingerprint density at radius 1 is 1.29 bits per heavy atom. The maximum atomic E-state index is 4.44. The molecule has 1 rings (SSSR count). The minimum Gasteiger partial charge on any atom is -0.303 e. The largest absolute Gasteiger partial charge is 0.303 e. The first kappa shape index (κ1) is 12.4. The Bertz CT molecular complexity index is 166. The molecule has 0 saturated heterocycles. The summed E-state index contributed by atoms with van der Waals surface area (Å²) in [5.41, 5.74) is 0. The summed E-state index contributed by atoms with van der Waals surface area (Å²) in [6.45, 7) is 8.18. The van der Waals surface area contributed by atoms with E-state index in [0.717, 1.165) is 29.5 Å². The molecular weight excluding hydrogens is 190 g/mol. The fourth-order valence-corrected chi connectivity index (χ4v) is 2.49. The molecule has 0 aromatic rings. The van der Waals surface area contributed by atoms with Crippen LogP contribution < -0.4 is 0 Å². The van der Waals surface area contributed by atoms with Crippen LogP contribution in [0.1, 0.15) is 33.6 Å². The highest BCUT2D eigenvalue weighted by atomic mass is 32.1. The van der Waals surface area contributed by atoms with Crippen molar-refractivity contribution in [2.75, 3.05) is 19.3 Å². The number of rotatable bonds is 6. The number of nitrogens with zero attached hydrogens (tertiary/aromatic N) is 1. The molecule has 1 aliphatic rings. The van der Waals surface area contributed by atoms with Crippen molar-refractivity contribution in [2.24, 2.45) is 17.8 Å². The monoisotopic (exact) mass is 215 g/mol. The van der Waals surface area contributed by atoms with Gasteiger partial charge in [-0.15, -0.1) is 0 Å². The number of thiol groups is 1. The number of hydrogen-bond donors (Lipinski definition) is 1. The highest BCUT2D eigenvalue weighted by molar-refractivity contribution is 7.80. The molecule has 84 valence electrons. The molecule has 2 heteroatoms. The van der Waals surface area contributed by atoms with Crippen LogP contribution in [0.15, 0.2) is 0 Å². The van der Waals surface area contributed by atoms with Gasteiger partial charge in [-0.25, -0.2) is 0 Å². The first-order valence-corrected chi connectivity index (χ1v) is 6.50. The smallest absolute Gasteiger partial charge is 0.00922 e. The lowest BCUT2D eigenvalue weighted by molar-refractivity contribution is 0.187. The van der Waals surface area contributed by atoms with Crippen LogP contribution in [0.4, 0.5) is 0 Å². The van der Waals surface area contributed by atoms with Crippen molar-refractivity contribution in [3.8, 4) is 0 Å². The molecule has 2 atom stereocenters. The summed E-state index contributed by atoms with van der Waals surface area (Å²) in [4.78, 5) is 2.53. The van der Waals surface area contributed by atoms with Crippen LogP contribution in [-0.4, -0.2) is 30.3 Å². The lowest BCUT2D eigenvalue weighted by Crippen LogP contribution is -2.37. The van der Waals surface area contributed by atoms with E-state index in [1.807, 2.05) is 0 Å². The third-order valence-corrected chi connectivity index (χ3v) is 4.17. The van der Waals surface area contributed by atoms with E-state index in [0.29, 0.717) is 0 Å². The van der Waals surface area contributed by atoms with E-state index in [1.165, 1.54) is 19.4 Å². The highest BCUT2D eigenvalue weighted by Crippen LogP contribution is 2.35. The molecule has 1 fully saturated rings. The minimum atomic E-state index is 0.740. The molecule has 2 unspecified atom stereocenters. The molecular formula is C12H25NS. The normalized spacial score (nSPS) is 21.6. The topological polar surface area (TPSA) is 3.24 Å². The van der Waals surface area contributed by atoms with Gasteiger partial charge in [0.2, 0.25) is 0 Å². The zero-order valence-corrected chi connectivity index (χ0v) is 10.9. The van der Waals surface area contributed by atoms with E-state index < -0.39 is 0 Å².